The number of rotatable bonds is 6. The molecule has 0 aliphatic rings. The van der Waals surface area contributed by atoms with Crippen molar-refractivity contribution in [1.29, 1.82) is 0 Å². The third-order valence-corrected chi connectivity index (χ3v) is 3.41. The molecule has 0 saturated heterocycles. The third-order valence-electron chi connectivity index (χ3n) is 3.13. The first-order valence-electron chi connectivity index (χ1n) is 6.47. The molecular formula is C13H18ClN5O. The van der Waals surface area contributed by atoms with Gasteiger partial charge in [0.2, 0.25) is 0 Å². The van der Waals surface area contributed by atoms with Crippen LogP contribution < -0.4 is 10.6 Å². The maximum absolute atomic E-state index is 5.99. The van der Waals surface area contributed by atoms with Crippen molar-refractivity contribution in [2.45, 2.75) is 26.7 Å². The monoisotopic (exact) mass is 295 g/mol. The molecule has 2 aromatic heterocycles. The predicted molar refractivity (Wildman–Crippen MR) is 79.4 cm³/mol. The van der Waals surface area contributed by atoms with Crippen LogP contribution in [0.15, 0.2) is 10.9 Å². The molecule has 0 bridgehead atoms. The molecule has 2 aromatic rings. The molecule has 2 N–H and O–H groups in total. The molecule has 108 valence electrons. The Kier molecular flexibility index (Phi) is 4.79. The average molecular weight is 296 g/mol. The zero-order valence-electron chi connectivity index (χ0n) is 11.8. The van der Waals surface area contributed by atoms with Crippen molar-refractivity contribution >= 4 is 23.1 Å². The van der Waals surface area contributed by atoms with Crippen LogP contribution in [0.1, 0.15) is 23.4 Å². The standard InChI is InChI=1S/C13H18ClN5O/c1-8-10(9(2)20-19-8)5-4-6-16-13-11(15-3)12(14)17-7-18-13/h7,15H,4-6H2,1-3H3,(H,16,17,18). The smallest absolute Gasteiger partial charge is 0.157 e. The van der Waals surface area contributed by atoms with Gasteiger partial charge >= 0.3 is 0 Å². The van der Waals surface area contributed by atoms with E-state index in [2.05, 4.69) is 25.8 Å². The van der Waals surface area contributed by atoms with E-state index in [-0.39, 0.29) is 0 Å². The summed E-state index contributed by atoms with van der Waals surface area (Å²) in [6, 6.07) is 0. The fourth-order valence-corrected chi connectivity index (χ4v) is 2.28. The first-order valence-corrected chi connectivity index (χ1v) is 6.85. The van der Waals surface area contributed by atoms with E-state index < -0.39 is 0 Å². The lowest BCUT2D eigenvalue weighted by atomic mass is 10.1. The summed E-state index contributed by atoms with van der Waals surface area (Å²) in [5.74, 6) is 1.61. The molecule has 7 heteroatoms. The number of nitrogens with one attached hydrogen (secondary N) is 2. The van der Waals surface area contributed by atoms with Gasteiger partial charge in [-0.05, 0) is 26.7 Å². The molecule has 0 saturated carbocycles. The number of hydrogen-bond acceptors (Lipinski definition) is 6. The van der Waals surface area contributed by atoms with Gasteiger partial charge in [0.05, 0.1) is 5.69 Å². The number of halogens is 1. The Balaban J connectivity index is 1.89. The molecule has 0 unspecified atom stereocenters. The largest absolute Gasteiger partial charge is 0.383 e. The van der Waals surface area contributed by atoms with Crippen molar-refractivity contribution in [3.05, 3.63) is 28.5 Å². The van der Waals surface area contributed by atoms with Gasteiger partial charge < -0.3 is 15.2 Å². The van der Waals surface area contributed by atoms with Gasteiger partial charge in [0.1, 0.15) is 17.8 Å². The summed E-state index contributed by atoms with van der Waals surface area (Å²) in [4.78, 5) is 8.11. The fourth-order valence-electron chi connectivity index (χ4n) is 2.05. The highest BCUT2D eigenvalue weighted by molar-refractivity contribution is 6.32. The van der Waals surface area contributed by atoms with Gasteiger partial charge in [-0.2, -0.15) is 0 Å². The van der Waals surface area contributed by atoms with E-state index >= 15 is 0 Å². The second-order valence-electron chi connectivity index (χ2n) is 4.47. The van der Waals surface area contributed by atoms with Crippen LogP contribution in [-0.4, -0.2) is 28.7 Å². The van der Waals surface area contributed by atoms with Crippen molar-refractivity contribution in [2.75, 3.05) is 24.2 Å². The molecular weight excluding hydrogens is 278 g/mol. The molecule has 2 heterocycles. The fraction of sp³-hybridized carbons (Fsp3) is 0.462. The number of aromatic nitrogens is 3. The Bertz CT molecular complexity index is 565. The zero-order valence-corrected chi connectivity index (χ0v) is 12.6. The normalized spacial score (nSPS) is 10.6. The molecule has 2 rings (SSSR count). The van der Waals surface area contributed by atoms with Crippen molar-refractivity contribution in [2.24, 2.45) is 0 Å². The van der Waals surface area contributed by atoms with Gasteiger partial charge in [0, 0.05) is 19.2 Å². The van der Waals surface area contributed by atoms with Crippen molar-refractivity contribution in [3.63, 3.8) is 0 Å². The van der Waals surface area contributed by atoms with E-state index in [1.165, 1.54) is 11.9 Å². The van der Waals surface area contributed by atoms with Gasteiger partial charge in [-0.15, -0.1) is 0 Å². The van der Waals surface area contributed by atoms with E-state index in [1.807, 2.05) is 13.8 Å². The highest BCUT2D eigenvalue weighted by Gasteiger charge is 2.10. The quantitative estimate of drug-likeness (QED) is 0.630. The van der Waals surface area contributed by atoms with Crippen LogP contribution in [0, 0.1) is 13.8 Å². The molecule has 0 amide bonds. The van der Waals surface area contributed by atoms with Crippen LogP contribution in [0.25, 0.3) is 0 Å². The van der Waals surface area contributed by atoms with Crippen LogP contribution >= 0.6 is 11.6 Å². The number of aryl methyl sites for hydroxylation is 2. The number of nitrogens with zero attached hydrogens (tertiary/aromatic N) is 3. The molecule has 20 heavy (non-hydrogen) atoms. The molecule has 6 nitrogen and oxygen atoms in total. The summed E-state index contributed by atoms with van der Waals surface area (Å²) in [5.41, 5.74) is 2.86. The van der Waals surface area contributed by atoms with Gasteiger partial charge in [0.15, 0.2) is 11.0 Å². The summed E-state index contributed by atoms with van der Waals surface area (Å²) < 4.78 is 5.14. The summed E-state index contributed by atoms with van der Waals surface area (Å²) in [5, 5.41) is 10.6. The summed E-state index contributed by atoms with van der Waals surface area (Å²) in [7, 11) is 1.79. The summed E-state index contributed by atoms with van der Waals surface area (Å²) >= 11 is 5.99. The number of anilines is 2. The zero-order chi connectivity index (χ0) is 14.5. The van der Waals surface area contributed by atoms with Crippen LogP contribution in [0.2, 0.25) is 5.15 Å². The lowest BCUT2D eigenvalue weighted by Gasteiger charge is -2.10. The molecule has 0 atom stereocenters. The lowest BCUT2D eigenvalue weighted by molar-refractivity contribution is 0.392. The van der Waals surface area contributed by atoms with Crippen LogP contribution in [0.5, 0.6) is 0 Å². The van der Waals surface area contributed by atoms with E-state index in [9.17, 15) is 0 Å². The molecule has 0 spiro atoms. The Morgan fingerprint density at radius 2 is 2.10 bits per heavy atom. The molecule has 0 radical (unpaired) electrons. The van der Waals surface area contributed by atoms with Crippen molar-refractivity contribution in [3.8, 4) is 0 Å². The molecule has 0 aromatic carbocycles. The Hall–Kier alpha value is -1.82. The lowest BCUT2D eigenvalue weighted by Crippen LogP contribution is -2.08. The van der Waals surface area contributed by atoms with Crippen molar-refractivity contribution in [1.82, 2.24) is 15.1 Å². The maximum atomic E-state index is 5.99. The first-order chi connectivity index (χ1) is 9.63. The molecule has 0 fully saturated rings. The second-order valence-corrected chi connectivity index (χ2v) is 4.83. The van der Waals surface area contributed by atoms with Crippen molar-refractivity contribution < 1.29 is 4.52 Å². The van der Waals surface area contributed by atoms with E-state index in [0.29, 0.717) is 16.7 Å². The van der Waals surface area contributed by atoms with E-state index in [4.69, 9.17) is 16.1 Å². The van der Waals surface area contributed by atoms with E-state index in [1.54, 1.807) is 7.05 Å². The Morgan fingerprint density at radius 3 is 2.75 bits per heavy atom. The summed E-state index contributed by atoms with van der Waals surface area (Å²) in [6.07, 6.45) is 3.31. The van der Waals surface area contributed by atoms with Gasteiger partial charge in [0.25, 0.3) is 0 Å². The van der Waals surface area contributed by atoms with Gasteiger partial charge in [-0.3, -0.25) is 0 Å². The SMILES string of the molecule is CNc1c(Cl)ncnc1NCCCc1c(C)noc1C. The second kappa shape index (κ2) is 6.56. The summed E-state index contributed by atoms with van der Waals surface area (Å²) in [6.45, 7) is 4.68. The topological polar surface area (TPSA) is 75.9 Å². The minimum atomic E-state index is 0.413. The van der Waals surface area contributed by atoms with E-state index in [0.717, 1.165) is 30.8 Å². The van der Waals surface area contributed by atoms with Crippen LogP contribution in [0.3, 0.4) is 0 Å². The predicted octanol–water partition coefficient (Wildman–Crippen LogP) is 2.82. The maximum Gasteiger partial charge on any atom is 0.157 e. The Labute approximate surface area is 122 Å². The molecule has 0 aliphatic heterocycles. The van der Waals surface area contributed by atoms with Gasteiger partial charge in [-0.1, -0.05) is 16.8 Å². The highest BCUT2D eigenvalue weighted by Crippen LogP contribution is 2.25. The minimum Gasteiger partial charge on any atom is -0.383 e. The first kappa shape index (κ1) is 14.6. The highest BCUT2D eigenvalue weighted by atomic mass is 35.5. The van der Waals surface area contributed by atoms with Crippen LogP contribution in [-0.2, 0) is 6.42 Å². The number of hydrogen-bond donors (Lipinski definition) is 2. The minimum absolute atomic E-state index is 0.413. The third kappa shape index (κ3) is 3.19. The average Bonchev–Trinajstić information content (AvgIpc) is 2.75. The molecule has 0 aliphatic carbocycles. The Morgan fingerprint density at radius 1 is 1.30 bits per heavy atom. The van der Waals surface area contributed by atoms with Gasteiger partial charge in [-0.25, -0.2) is 9.97 Å². The van der Waals surface area contributed by atoms with Crippen LogP contribution in [0.4, 0.5) is 11.5 Å².